The first-order valence-corrected chi connectivity index (χ1v) is 6.84. The topological polar surface area (TPSA) is 48.0 Å². The van der Waals surface area contributed by atoms with Crippen molar-refractivity contribution in [2.75, 3.05) is 40.0 Å². The first-order chi connectivity index (χ1) is 9.69. The van der Waals surface area contributed by atoms with Gasteiger partial charge < -0.3 is 19.1 Å². The molecule has 0 aromatic heterocycles. The molecule has 0 amide bonds. The molecule has 0 bridgehead atoms. The molecule has 0 unspecified atom stereocenters. The van der Waals surface area contributed by atoms with E-state index < -0.39 is 0 Å². The Morgan fingerprint density at radius 1 is 1.10 bits per heavy atom. The standard InChI is InChI=1S/C15H23NO4/c1-4-16(5-2)10-11-19-15(17)12-20-14-8-6-13(18-3)7-9-14/h6-9H,4-5,10-12H2,1-3H3. The van der Waals surface area contributed by atoms with Crippen LogP contribution in [0.15, 0.2) is 24.3 Å². The fourth-order valence-electron chi connectivity index (χ4n) is 1.68. The molecule has 0 N–H and O–H groups in total. The van der Waals surface area contributed by atoms with E-state index in [4.69, 9.17) is 14.2 Å². The molecule has 20 heavy (non-hydrogen) atoms. The summed E-state index contributed by atoms with van der Waals surface area (Å²) in [5, 5.41) is 0. The molecule has 1 aromatic carbocycles. The van der Waals surface area contributed by atoms with Gasteiger partial charge in [-0.3, -0.25) is 0 Å². The third-order valence-electron chi connectivity index (χ3n) is 2.98. The number of hydrogen-bond donors (Lipinski definition) is 0. The summed E-state index contributed by atoms with van der Waals surface area (Å²) < 4.78 is 15.5. The minimum absolute atomic E-state index is 0.0788. The quantitative estimate of drug-likeness (QED) is 0.648. The van der Waals surface area contributed by atoms with Gasteiger partial charge in [0.2, 0.25) is 0 Å². The van der Waals surface area contributed by atoms with E-state index >= 15 is 0 Å². The van der Waals surface area contributed by atoms with Crippen LogP contribution < -0.4 is 9.47 Å². The number of likely N-dealkylation sites (N-methyl/N-ethyl adjacent to an activating group) is 1. The summed E-state index contributed by atoms with van der Waals surface area (Å²) in [6, 6.07) is 7.06. The molecule has 5 heteroatoms. The lowest BCUT2D eigenvalue weighted by molar-refractivity contribution is -0.146. The van der Waals surface area contributed by atoms with Gasteiger partial charge in [0.1, 0.15) is 18.1 Å². The SMILES string of the molecule is CCN(CC)CCOC(=O)COc1ccc(OC)cc1. The number of nitrogens with zero attached hydrogens (tertiary/aromatic N) is 1. The van der Waals surface area contributed by atoms with E-state index in [0.717, 1.165) is 25.4 Å². The van der Waals surface area contributed by atoms with Crippen LogP contribution in [0.1, 0.15) is 13.8 Å². The average Bonchev–Trinajstić information content (AvgIpc) is 2.50. The van der Waals surface area contributed by atoms with Gasteiger partial charge in [0.25, 0.3) is 0 Å². The fraction of sp³-hybridized carbons (Fsp3) is 0.533. The maximum absolute atomic E-state index is 11.5. The molecule has 0 aliphatic rings. The Hall–Kier alpha value is -1.75. The molecule has 0 saturated carbocycles. The summed E-state index contributed by atoms with van der Waals surface area (Å²) in [6.07, 6.45) is 0. The van der Waals surface area contributed by atoms with Crippen molar-refractivity contribution in [1.82, 2.24) is 4.90 Å². The molecular weight excluding hydrogens is 258 g/mol. The van der Waals surface area contributed by atoms with E-state index in [1.807, 2.05) is 0 Å². The molecule has 1 aromatic rings. The van der Waals surface area contributed by atoms with Crippen LogP contribution >= 0.6 is 0 Å². The Morgan fingerprint density at radius 2 is 1.70 bits per heavy atom. The summed E-state index contributed by atoms with van der Waals surface area (Å²) in [5.74, 6) is 1.01. The average molecular weight is 281 g/mol. The molecule has 0 aliphatic carbocycles. The van der Waals surface area contributed by atoms with Crippen LogP contribution in [-0.4, -0.2) is 50.8 Å². The second-order valence-electron chi connectivity index (χ2n) is 4.21. The minimum Gasteiger partial charge on any atom is -0.497 e. The van der Waals surface area contributed by atoms with Crippen molar-refractivity contribution in [3.8, 4) is 11.5 Å². The maximum Gasteiger partial charge on any atom is 0.344 e. The zero-order valence-electron chi connectivity index (χ0n) is 12.4. The van der Waals surface area contributed by atoms with Gasteiger partial charge in [-0.1, -0.05) is 13.8 Å². The van der Waals surface area contributed by atoms with Crippen molar-refractivity contribution in [1.29, 1.82) is 0 Å². The third kappa shape index (κ3) is 5.93. The van der Waals surface area contributed by atoms with Gasteiger partial charge >= 0.3 is 5.97 Å². The zero-order valence-corrected chi connectivity index (χ0v) is 12.4. The summed E-state index contributed by atoms with van der Waals surface area (Å²) in [6.45, 7) is 7.14. The van der Waals surface area contributed by atoms with E-state index in [0.29, 0.717) is 12.4 Å². The Morgan fingerprint density at radius 3 is 2.25 bits per heavy atom. The zero-order chi connectivity index (χ0) is 14.8. The number of esters is 1. The van der Waals surface area contributed by atoms with E-state index in [-0.39, 0.29) is 12.6 Å². The molecular formula is C15H23NO4. The van der Waals surface area contributed by atoms with Crippen molar-refractivity contribution >= 4 is 5.97 Å². The highest BCUT2D eigenvalue weighted by Gasteiger charge is 2.06. The van der Waals surface area contributed by atoms with Crippen molar-refractivity contribution < 1.29 is 19.0 Å². The lowest BCUT2D eigenvalue weighted by atomic mass is 10.3. The molecule has 0 saturated heterocycles. The van der Waals surface area contributed by atoms with Gasteiger partial charge in [0, 0.05) is 6.54 Å². The highest BCUT2D eigenvalue weighted by atomic mass is 16.6. The van der Waals surface area contributed by atoms with Crippen molar-refractivity contribution in [2.45, 2.75) is 13.8 Å². The molecule has 0 spiro atoms. The van der Waals surface area contributed by atoms with Gasteiger partial charge in [0.15, 0.2) is 6.61 Å². The predicted molar refractivity (Wildman–Crippen MR) is 77.2 cm³/mol. The number of carbonyl (C=O) groups excluding carboxylic acids is 1. The number of carbonyl (C=O) groups is 1. The number of benzene rings is 1. The Balaban J connectivity index is 2.22. The summed E-state index contributed by atoms with van der Waals surface area (Å²) in [7, 11) is 1.60. The number of hydrogen-bond acceptors (Lipinski definition) is 5. The molecule has 0 aliphatic heterocycles. The molecule has 0 radical (unpaired) electrons. The van der Waals surface area contributed by atoms with Crippen LogP contribution in [0, 0.1) is 0 Å². The highest BCUT2D eigenvalue weighted by Crippen LogP contribution is 2.16. The first-order valence-electron chi connectivity index (χ1n) is 6.84. The van der Waals surface area contributed by atoms with Crippen molar-refractivity contribution in [3.05, 3.63) is 24.3 Å². The Bertz CT molecular complexity index is 387. The number of ether oxygens (including phenoxy) is 3. The van der Waals surface area contributed by atoms with Gasteiger partial charge in [-0.05, 0) is 37.4 Å². The van der Waals surface area contributed by atoms with Crippen LogP contribution in [0.5, 0.6) is 11.5 Å². The maximum atomic E-state index is 11.5. The van der Waals surface area contributed by atoms with Crippen LogP contribution in [0.25, 0.3) is 0 Å². The van der Waals surface area contributed by atoms with E-state index in [2.05, 4.69) is 18.7 Å². The van der Waals surface area contributed by atoms with Crippen molar-refractivity contribution in [3.63, 3.8) is 0 Å². The molecule has 112 valence electrons. The monoisotopic (exact) mass is 281 g/mol. The number of methoxy groups -OCH3 is 1. The van der Waals surface area contributed by atoms with Crippen molar-refractivity contribution in [2.24, 2.45) is 0 Å². The van der Waals surface area contributed by atoms with Gasteiger partial charge in [-0.25, -0.2) is 4.79 Å². The van der Waals surface area contributed by atoms with Gasteiger partial charge in [-0.2, -0.15) is 0 Å². The molecule has 1 rings (SSSR count). The minimum atomic E-state index is -0.354. The third-order valence-corrected chi connectivity index (χ3v) is 2.98. The van der Waals surface area contributed by atoms with Gasteiger partial charge in [-0.15, -0.1) is 0 Å². The summed E-state index contributed by atoms with van der Waals surface area (Å²) >= 11 is 0. The highest BCUT2D eigenvalue weighted by molar-refractivity contribution is 5.71. The second kappa shape index (κ2) is 9.20. The molecule has 5 nitrogen and oxygen atoms in total. The summed E-state index contributed by atoms with van der Waals surface area (Å²) in [4.78, 5) is 13.7. The van der Waals surface area contributed by atoms with Crippen LogP contribution in [0.2, 0.25) is 0 Å². The fourth-order valence-corrected chi connectivity index (χ4v) is 1.68. The smallest absolute Gasteiger partial charge is 0.344 e. The normalized spacial score (nSPS) is 10.4. The van der Waals surface area contributed by atoms with Crippen LogP contribution in [0.3, 0.4) is 0 Å². The first kappa shape index (κ1) is 16.3. The van der Waals surface area contributed by atoms with Gasteiger partial charge in [0.05, 0.1) is 7.11 Å². The van der Waals surface area contributed by atoms with E-state index in [1.54, 1.807) is 31.4 Å². The summed E-state index contributed by atoms with van der Waals surface area (Å²) in [5.41, 5.74) is 0. The lowest BCUT2D eigenvalue weighted by Crippen LogP contribution is -2.28. The molecule has 0 heterocycles. The molecule has 0 atom stereocenters. The Labute approximate surface area is 120 Å². The predicted octanol–water partition coefficient (Wildman–Crippen LogP) is 1.96. The largest absolute Gasteiger partial charge is 0.497 e. The van der Waals surface area contributed by atoms with Crippen LogP contribution in [-0.2, 0) is 9.53 Å². The molecule has 0 fully saturated rings. The van der Waals surface area contributed by atoms with E-state index in [1.165, 1.54) is 0 Å². The van der Waals surface area contributed by atoms with Crippen LogP contribution in [0.4, 0.5) is 0 Å². The Kier molecular flexibility index (Phi) is 7.50. The van der Waals surface area contributed by atoms with E-state index in [9.17, 15) is 4.79 Å². The number of rotatable bonds is 9. The lowest BCUT2D eigenvalue weighted by Gasteiger charge is -2.17. The second-order valence-corrected chi connectivity index (χ2v) is 4.21.